The molecule has 230 valence electrons. The predicted molar refractivity (Wildman–Crippen MR) is 173 cm³/mol. The highest BCUT2D eigenvalue weighted by atomic mass is 35.5. The molecule has 0 aliphatic carbocycles. The molecule has 12 nitrogen and oxygen atoms in total. The van der Waals surface area contributed by atoms with Gasteiger partial charge in [0, 0.05) is 62.1 Å². The van der Waals surface area contributed by atoms with Crippen LogP contribution >= 0.6 is 11.6 Å². The van der Waals surface area contributed by atoms with Crippen LogP contribution in [0.25, 0.3) is 11.0 Å². The van der Waals surface area contributed by atoms with Gasteiger partial charge >= 0.3 is 0 Å². The second-order valence-electron chi connectivity index (χ2n) is 10.8. The number of aromatic nitrogens is 3. The van der Waals surface area contributed by atoms with Crippen LogP contribution in [0.15, 0.2) is 59.5 Å². The molecular formula is C31H36ClN9O3. The van der Waals surface area contributed by atoms with Crippen LogP contribution in [0.1, 0.15) is 32.7 Å². The van der Waals surface area contributed by atoms with E-state index in [9.17, 15) is 14.4 Å². The fourth-order valence-corrected chi connectivity index (χ4v) is 5.11. The summed E-state index contributed by atoms with van der Waals surface area (Å²) >= 11 is 6.31. The van der Waals surface area contributed by atoms with Crippen molar-refractivity contribution in [1.29, 1.82) is 0 Å². The number of piperazine rings is 1. The van der Waals surface area contributed by atoms with E-state index in [0.29, 0.717) is 47.7 Å². The van der Waals surface area contributed by atoms with E-state index in [0.717, 1.165) is 44.7 Å². The van der Waals surface area contributed by atoms with E-state index in [2.05, 4.69) is 47.7 Å². The van der Waals surface area contributed by atoms with Crippen LogP contribution in [0.4, 0.5) is 17.3 Å². The van der Waals surface area contributed by atoms with E-state index in [1.165, 1.54) is 18.2 Å². The number of rotatable bonds is 11. The maximum Gasteiger partial charge on any atom is 0.262 e. The number of fused-ring (bicyclic) bond motifs is 1. The lowest BCUT2D eigenvalue weighted by Gasteiger charge is -2.32. The lowest BCUT2D eigenvalue weighted by atomic mass is 10.1. The van der Waals surface area contributed by atoms with Gasteiger partial charge in [0.2, 0.25) is 5.95 Å². The number of aromatic amines is 1. The van der Waals surface area contributed by atoms with Gasteiger partial charge in [0.1, 0.15) is 11.2 Å². The third-order valence-electron chi connectivity index (χ3n) is 7.58. The lowest BCUT2D eigenvalue weighted by Crippen LogP contribution is -2.44. The van der Waals surface area contributed by atoms with Crippen molar-refractivity contribution in [3.63, 3.8) is 0 Å². The Bertz CT molecular complexity index is 1700. The fraction of sp³-hybridized carbons (Fsp3) is 0.323. The van der Waals surface area contributed by atoms with Crippen molar-refractivity contribution in [2.24, 2.45) is 0 Å². The first-order valence-corrected chi connectivity index (χ1v) is 14.9. The molecule has 0 spiro atoms. The maximum atomic E-state index is 13.1. The topological polar surface area (TPSA) is 161 Å². The number of nitrogen functional groups attached to an aromatic ring is 1. The number of carbonyl (C=O) groups excluding carboxylic acids is 2. The van der Waals surface area contributed by atoms with Crippen molar-refractivity contribution >= 4 is 51.8 Å². The molecule has 0 radical (unpaired) electrons. The molecule has 1 aliphatic heterocycles. The van der Waals surface area contributed by atoms with Gasteiger partial charge in [0.05, 0.1) is 10.7 Å². The number of H-pyrrole nitrogens is 1. The van der Waals surface area contributed by atoms with Crippen molar-refractivity contribution in [2.45, 2.75) is 12.8 Å². The minimum Gasteiger partial charge on any atom is -0.399 e. The average Bonchev–Trinajstić information content (AvgIpc) is 3.01. The first-order valence-electron chi connectivity index (χ1n) is 14.5. The summed E-state index contributed by atoms with van der Waals surface area (Å²) in [5.74, 6) is -0.618. The number of nitrogens with one attached hydrogen (secondary N) is 4. The average molecular weight is 618 g/mol. The van der Waals surface area contributed by atoms with Crippen LogP contribution in [0.5, 0.6) is 0 Å². The molecule has 0 unspecified atom stereocenters. The summed E-state index contributed by atoms with van der Waals surface area (Å²) in [6, 6.07) is 13.4. The molecule has 1 aliphatic rings. The van der Waals surface area contributed by atoms with Gasteiger partial charge in [-0.15, -0.1) is 0 Å². The van der Waals surface area contributed by atoms with Gasteiger partial charge in [-0.05, 0) is 62.3 Å². The summed E-state index contributed by atoms with van der Waals surface area (Å²) in [6.07, 6.45) is 3.06. The number of benzene rings is 2. The quantitative estimate of drug-likeness (QED) is 0.126. The number of hydrogen-bond donors (Lipinski definition) is 5. The molecule has 2 amide bonds. The van der Waals surface area contributed by atoms with E-state index >= 15 is 0 Å². The Labute approximate surface area is 260 Å². The van der Waals surface area contributed by atoms with Crippen molar-refractivity contribution in [3.8, 4) is 0 Å². The smallest absolute Gasteiger partial charge is 0.262 e. The van der Waals surface area contributed by atoms with E-state index in [1.54, 1.807) is 12.3 Å². The number of halogens is 1. The number of pyridine rings is 1. The van der Waals surface area contributed by atoms with Crippen molar-refractivity contribution in [1.82, 2.24) is 30.1 Å². The lowest BCUT2D eigenvalue weighted by molar-refractivity contribution is 0.0952. The highest BCUT2D eigenvalue weighted by molar-refractivity contribution is 6.34. The Balaban J connectivity index is 1.18. The van der Waals surface area contributed by atoms with Crippen LogP contribution in [0, 0.1) is 0 Å². The van der Waals surface area contributed by atoms with Gasteiger partial charge in [0.25, 0.3) is 17.4 Å². The number of carbonyl (C=O) groups is 2. The number of para-hydroxylation sites is 1. The zero-order valence-corrected chi connectivity index (χ0v) is 25.3. The van der Waals surface area contributed by atoms with Gasteiger partial charge in [0.15, 0.2) is 0 Å². The first-order chi connectivity index (χ1) is 21.3. The SMILES string of the molecule is CN1CCN(CCCNc2ncc3cc(C(=O)Nc4cc(C(=O)NCCc5ccccc5N)ccc4Cl)c(=O)[nH]c3n2)CC1. The largest absolute Gasteiger partial charge is 0.399 e. The molecule has 1 saturated heterocycles. The molecule has 13 heteroatoms. The molecule has 2 aromatic heterocycles. The second kappa shape index (κ2) is 14.3. The summed E-state index contributed by atoms with van der Waals surface area (Å²) < 4.78 is 0. The molecule has 4 aromatic rings. The monoisotopic (exact) mass is 617 g/mol. The molecule has 44 heavy (non-hydrogen) atoms. The summed E-state index contributed by atoms with van der Waals surface area (Å²) in [5.41, 5.74) is 7.64. The van der Waals surface area contributed by atoms with Crippen molar-refractivity contribution < 1.29 is 9.59 Å². The number of anilines is 3. The first kappa shape index (κ1) is 30.9. The Hall–Kier alpha value is -4.52. The second-order valence-corrected chi connectivity index (χ2v) is 11.2. The minimum absolute atomic E-state index is 0.139. The Morgan fingerprint density at radius 2 is 1.84 bits per heavy atom. The third kappa shape index (κ3) is 7.90. The maximum absolute atomic E-state index is 13.1. The van der Waals surface area contributed by atoms with Gasteiger partial charge < -0.3 is 36.5 Å². The molecule has 0 saturated carbocycles. The van der Waals surface area contributed by atoms with Crippen LogP contribution in [-0.2, 0) is 6.42 Å². The molecule has 2 aromatic carbocycles. The van der Waals surface area contributed by atoms with Crippen LogP contribution < -0.4 is 27.2 Å². The highest BCUT2D eigenvalue weighted by Gasteiger charge is 2.17. The number of nitrogens with zero attached hydrogens (tertiary/aromatic N) is 4. The number of likely N-dealkylation sites (N-methyl/N-ethyl adjacent to an activating group) is 1. The Morgan fingerprint density at radius 1 is 1.05 bits per heavy atom. The van der Waals surface area contributed by atoms with Gasteiger partial charge in [-0.3, -0.25) is 14.4 Å². The zero-order chi connectivity index (χ0) is 31.1. The molecule has 3 heterocycles. The van der Waals surface area contributed by atoms with Crippen molar-refractivity contribution in [2.75, 3.05) is 69.2 Å². The molecule has 6 N–H and O–H groups in total. The van der Waals surface area contributed by atoms with Gasteiger partial charge in [-0.2, -0.15) is 4.98 Å². The van der Waals surface area contributed by atoms with E-state index in [-0.39, 0.29) is 22.2 Å². The molecular weight excluding hydrogens is 582 g/mol. The van der Waals surface area contributed by atoms with E-state index < -0.39 is 11.5 Å². The summed E-state index contributed by atoms with van der Waals surface area (Å²) in [5, 5.41) is 9.41. The molecule has 0 atom stereocenters. The minimum atomic E-state index is -0.682. The zero-order valence-electron chi connectivity index (χ0n) is 24.5. The molecule has 0 bridgehead atoms. The third-order valence-corrected chi connectivity index (χ3v) is 7.91. The standard InChI is InChI=1S/C31H36ClN9O3/c1-40-13-15-41(16-14-40)12-4-10-35-31-36-19-22-17-23(30(44)38-27(22)39-31)29(43)37-26-18-21(7-8-24(26)32)28(42)34-11-9-20-5-2-3-6-25(20)33/h2-3,5-8,17-19H,4,9-16,33H2,1H3,(H,34,42)(H,37,43)(H2,35,36,38,39,44). The summed E-state index contributed by atoms with van der Waals surface area (Å²) in [4.78, 5) is 54.9. The fourth-order valence-electron chi connectivity index (χ4n) is 4.95. The number of amides is 2. The Kier molecular flexibility index (Phi) is 10.1. The van der Waals surface area contributed by atoms with E-state index in [1.807, 2.05) is 24.3 Å². The predicted octanol–water partition coefficient (Wildman–Crippen LogP) is 2.83. The summed E-state index contributed by atoms with van der Waals surface area (Å²) in [7, 11) is 2.14. The van der Waals surface area contributed by atoms with E-state index in [4.69, 9.17) is 17.3 Å². The number of hydrogen-bond acceptors (Lipinski definition) is 9. The molecule has 1 fully saturated rings. The molecule has 5 rings (SSSR count). The van der Waals surface area contributed by atoms with Crippen LogP contribution in [0.3, 0.4) is 0 Å². The normalized spacial score (nSPS) is 14.0. The van der Waals surface area contributed by atoms with Gasteiger partial charge in [-0.1, -0.05) is 29.8 Å². The van der Waals surface area contributed by atoms with Gasteiger partial charge in [-0.25, -0.2) is 4.98 Å². The Morgan fingerprint density at radius 3 is 2.64 bits per heavy atom. The summed E-state index contributed by atoms with van der Waals surface area (Å²) in [6.45, 7) is 6.36. The number of nitrogens with two attached hydrogens (primary N) is 1. The highest BCUT2D eigenvalue weighted by Crippen LogP contribution is 2.24. The van der Waals surface area contributed by atoms with Crippen LogP contribution in [0.2, 0.25) is 5.02 Å². The van der Waals surface area contributed by atoms with Crippen molar-refractivity contribution in [3.05, 3.63) is 86.8 Å². The van der Waals surface area contributed by atoms with Crippen LogP contribution in [-0.4, -0.2) is 89.4 Å².